The minimum Gasteiger partial charge on any atom is -0.207 e. The number of benzene rings is 2. The van der Waals surface area contributed by atoms with Crippen LogP contribution in [-0.4, -0.2) is 0 Å². The molecule has 0 spiro atoms. The molecular weight excluding hydrogens is 430 g/mol. The summed E-state index contributed by atoms with van der Waals surface area (Å²) in [5.41, 5.74) is 3.66. The van der Waals surface area contributed by atoms with Crippen LogP contribution < -0.4 is 0 Å². The van der Waals surface area contributed by atoms with Crippen molar-refractivity contribution < 1.29 is 4.39 Å². The van der Waals surface area contributed by atoms with Gasteiger partial charge in [0.2, 0.25) is 0 Å². The van der Waals surface area contributed by atoms with Crippen LogP contribution in [0.4, 0.5) is 4.39 Å². The molecule has 0 saturated carbocycles. The van der Waals surface area contributed by atoms with E-state index in [1.807, 2.05) is 6.07 Å². The Morgan fingerprint density at radius 1 is 1.10 bits per heavy atom. The predicted molar refractivity (Wildman–Crippen MR) is 95.0 cm³/mol. The first-order chi connectivity index (χ1) is 9.52. The number of halogens is 3. The molecular formula is C17H17BrFI. The summed E-state index contributed by atoms with van der Waals surface area (Å²) < 4.78 is 14.1. The van der Waals surface area contributed by atoms with E-state index in [4.69, 9.17) is 0 Å². The number of hydrogen-bond acceptors (Lipinski definition) is 0. The molecule has 0 bridgehead atoms. The van der Waals surface area contributed by atoms with Crippen LogP contribution in [0.15, 0.2) is 42.5 Å². The lowest BCUT2D eigenvalue weighted by molar-refractivity contribution is 0.626. The van der Waals surface area contributed by atoms with Gasteiger partial charge in [0, 0.05) is 3.57 Å². The van der Waals surface area contributed by atoms with Crippen molar-refractivity contribution in [3.8, 4) is 0 Å². The second kappa shape index (κ2) is 7.03. The summed E-state index contributed by atoms with van der Waals surface area (Å²) >= 11 is 5.90. The molecule has 0 aliphatic carbocycles. The van der Waals surface area contributed by atoms with Crippen LogP contribution in [0.1, 0.15) is 47.7 Å². The Balaban J connectivity index is 2.26. The maximum atomic E-state index is 13.2. The van der Waals surface area contributed by atoms with Gasteiger partial charge in [0.1, 0.15) is 5.82 Å². The van der Waals surface area contributed by atoms with Crippen LogP contribution >= 0.6 is 38.5 Å². The zero-order valence-corrected chi connectivity index (χ0v) is 15.3. The van der Waals surface area contributed by atoms with Crippen LogP contribution in [0, 0.1) is 9.39 Å². The van der Waals surface area contributed by atoms with Crippen molar-refractivity contribution in [3.63, 3.8) is 0 Å². The van der Waals surface area contributed by atoms with Crippen LogP contribution in [0.3, 0.4) is 0 Å². The Hall–Kier alpha value is -0.420. The lowest BCUT2D eigenvalue weighted by Crippen LogP contribution is -1.98. The molecule has 106 valence electrons. The maximum absolute atomic E-state index is 13.2. The molecule has 2 unspecified atom stereocenters. The molecule has 2 aromatic carbocycles. The highest BCUT2D eigenvalue weighted by atomic mass is 127. The van der Waals surface area contributed by atoms with E-state index in [1.165, 1.54) is 17.2 Å². The zero-order valence-electron chi connectivity index (χ0n) is 11.5. The van der Waals surface area contributed by atoms with Crippen LogP contribution in [0.2, 0.25) is 0 Å². The summed E-state index contributed by atoms with van der Waals surface area (Å²) in [7, 11) is 0. The van der Waals surface area contributed by atoms with Crippen molar-refractivity contribution in [3.05, 3.63) is 68.5 Å². The Labute approximate surface area is 142 Å². The largest absolute Gasteiger partial charge is 0.207 e. The van der Waals surface area contributed by atoms with Gasteiger partial charge in [0.05, 0.1) is 4.83 Å². The smallest absolute Gasteiger partial charge is 0.124 e. The first-order valence-electron chi connectivity index (χ1n) is 6.71. The van der Waals surface area contributed by atoms with E-state index in [0.29, 0.717) is 5.92 Å². The number of rotatable bonds is 4. The van der Waals surface area contributed by atoms with Gasteiger partial charge >= 0.3 is 0 Å². The average Bonchev–Trinajstić information content (AvgIpc) is 2.46. The van der Waals surface area contributed by atoms with E-state index >= 15 is 0 Å². The summed E-state index contributed by atoms with van der Waals surface area (Å²) in [6.45, 7) is 4.44. The van der Waals surface area contributed by atoms with Crippen molar-refractivity contribution in [1.82, 2.24) is 0 Å². The number of hydrogen-bond donors (Lipinski definition) is 0. The molecule has 0 saturated heterocycles. The summed E-state index contributed by atoms with van der Waals surface area (Å²) in [4.78, 5) is 0.0981. The fourth-order valence-corrected chi connectivity index (χ4v) is 4.04. The van der Waals surface area contributed by atoms with Gasteiger partial charge in [-0.3, -0.25) is 0 Å². The van der Waals surface area contributed by atoms with E-state index in [-0.39, 0.29) is 10.6 Å². The fraction of sp³-hybridized carbons (Fsp3) is 0.294. The molecule has 2 atom stereocenters. The van der Waals surface area contributed by atoms with Gasteiger partial charge in [-0.1, -0.05) is 60.1 Å². The quantitative estimate of drug-likeness (QED) is 0.375. The minimum absolute atomic E-state index is 0.0981. The van der Waals surface area contributed by atoms with E-state index in [2.05, 4.69) is 76.6 Å². The van der Waals surface area contributed by atoms with Gasteiger partial charge in [-0.2, -0.15) is 0 Å². The molecule has 0 nitrogen and oxygen atoms in total. The second-order valence-corrected chi connectivity index (χ2v) is 7.08. The summed E-state index contributed by atoms with van der Waals surface area (Å²) in [6.07, 6.45) is 1.15. The maximum Gasteiger partial charge on any atom is 0.124 e. The van der Waals surface area contributed by atoms with Gasteiger partial charge in [0.25, 0.3) is 0 Å². The van der Waals surface area contributed by atoms with Crippen LogP contribution in [0.5, 0.6) is 0 Å². The van der Waals surface area contributed by atoms with E-state index in [1.54, 1.807) is 6.07 Å². The summed E-state index contributed by atoms with van der Waals surface area (Å²) in [6, 6.07) is 13.6. The van der Waals surface area contributed by atoms with Gasteiger partial charge < -0.3 is 0 Å². The van der Waals surface area contributed by atoms with Crippen molar-refractivity contribution in [1.29, 1.82) is 0 Å². The zero-order chi connectivity index (χ0) is 14.7. The van der Waals surface area contributed by atoms with Crippen molar-refractivity contribution >= 4 is 38.5 Å². The van der Waals surface area contributed by atoms with E-state index < -0.39 is 0 Å². The molecule has 0 radical (unpaired) electrons. The Bertz CT molecular complexity index is 580. The molecule has 3 heteroatoms. The lowest BCUT2D eigenvalue weighted by atomic mass is 9.96. The normalized spacial score (nSPS) is 14.1. The standard InChI is InChI=1S/C17H17BrFI/c1-3-11(2)12-4-6-13(7-5-12)17(18)15-9-8-14(19)10-16(15)20/h4-11,17H,3H2,1-2H3. The minimum atomic E-state index is -0.190. The Morgan fingerprint density at radius 2 is 1.70 bits per heavy atom. The molecule has 2 aromatic rings. The van der Waals surface area contributed by atoms with E-state index in [0.717, 1.165) is 15.6 Å². The molecule has 0 aliphatic rings. The molecule has 0 amide bonds. The van der Waals surface area contributed by atoms with Crippen molar-refractivity contribution in [2.45, 2.75) is 31.0 Å². The molecule has 20 heavy (non-hydrogen) atoms. The molecule has 0 aliphatic heterocycles. The third kappa shape index (κ3) is 3.61. The number of alkyl halides is 1. The van der Waals surface area contributed by atoms with Gasteiger partial charge in [-0.25, -0.2) is 4.39 Å². The monoisotopic (exact) mass is 446 g/mol. The Morgan fingerprint density at radius 3 is 2.25 bits per heavy atom. The molecule has 0 N–H and O–H groups in total. The van der Waals surface area contributed by atoms with Crippen molar-refractivity contribution in [2.24, 2.45) is 0 Å². The third-order valence-corrected chi connectivity index (χ3v) is 5.60. The predicted octanol–water partition coefficient (Wildman–Crippen LogP) is 6.43. The van der Waals surface area contributed by atoms with Gasteiger partial charge in [0.15, 0.2) is 0 Å². The second-order valence-electron chi connectivity index (χ2n) is 5.00. The summed E-state index contributed by atoms with van der Waals surface area (Å²) in [5, 5.41) is 0. The molecule has 0 aromatic heterocycles. The highest BCUT2D eigenvalue weighted by molar-refractivity contribution is 14.1. The van der Waals surface area contributed by atoms with Gasteiger partial charge in [-0.15, -0.1) is 0 Å². The van der Waals surface area contributed by atoms with Crippen LogP contribution in [-0.2, 0) is 0 Å². The SMILES string of the molecule is CCC(C)c1ccc(C(Br)c2ccc(F)cc2I)cc1. The van der Waals surface area contributed by atoms with E-state index in [9.17, 15) is 4.39 Å². The van der Waals surface area contributed by atoms with Crippen LogP contribution in [0.25, 0.3) is 0 Å². The third-order valence-electron chi connectivity index (χ3n) is 3.65. The molecule has 0 fully saturated rings. The molecule has 0 heterocycles. The first-order valence-corrected chi connectivity index (χ1v) is 8.71. The Kier molecular flexibility index (Phi) is 5.61. The highest BCUT2D eigenvalue weighted by Crippen LogP contribution is 2.34. The highest BCUT2D eigenvalue weighted by Gasteiger charge is 2.14. The topological polar surface area (TPSA) is 0 Å². The van der Waals surface area contributed by atoms with Gasteiger partial charge in [-0.05, 0) is 63.8 Å². The summed E-state index contributed by atoms with van der Waals surface area (Å²) in [5.74, 6) is 0.397. The molecule has 2 rings (SSSR count). The lowest BCUT2D eigenvalue weighted by Gasteiger charge is -2.15. The first kappa shape index (κ1) is 16.0. The van der Waals surface area contributed by atoms with Crippen molar-refractivity contribution in [2.75, 3.05) is 0 Å². The average molecular weight is 447 g/mol. The fourth-order valence-electron chi connectivity index (χ4n) is 2.12.